The Kier molecular flexibility index (Phi) is 3.35. The van der Waals surface area contributed by atoms with Crippen molar-refractivity contribution in [3.05, 3.63) is 30.4 Å². The Bertz CT molecular complexity index is 204. The van der Waals surface area contributed by atoms with Gasteiger partial charge in [-0.25, -0.2) is 0 Å². The van der Waals surface area contributed by atoms with Crippen molar-refractivity contribution in [2.45, 2.75) is 18.9 Å². The molecule has 2 nitrogen and oxygen atoms in total. The van der Waals surface area contributed by atoms with Crippen molar-refractivity contribution >= 4 is 0 Å². The molecule has 1 atom stereocenters. The molecule has 0 saturated carbocycles. The minimum atomic E-state index is 0.0588. The third-order valence-electron chi connectivity index (χ3n) is 1.97. The molecule has 0 saturated heterocycles. The van der Waals surface area contributed by atoms with Gasteiger partial charge in [-0.1, -0.05) is 0 Å². The van der Waals surface area contributed by atoms with Crippen LogP contribution in [0.15, 0.2) is 23.5 Å². The van der Waals surface area contributed by atoms with Crippen LogP contribution in [0.25, 0.3) is 0 Å². The zero-order chi connectivity index (χ0) is 8.97. The predicted octanol–water partition coefficient (Wildman–Crippen LogP) is 1.96. The van der Waals surface area contributed by atoms with E-state index in [9.17, 15) is 0 Å². The highest BCUT2D eigenvalue weighted by Crippen LogP contribution is 2.25. The van der Waals surface area contributed by atoms with E-state index < -0.39 is 0 Å². The van der Waals surface area contributed by atoms with Crippen molar-refractivity contribution in [2.75, 3.05) is 14.2 Å². The lowest BCUT2D eigenvalue weighted by Gasteiger charge is -2.12. The van der Waals surface area contributed by atoms with Crippen LogP contribution in [0.2, 0.25) is 0 Å². The maximum atomic E-state index is 5.47. The van der Waals surface area contributed by atoms with Crippen LogP contribution in [0.5, 0.6) is 0 Å². The Balaban J connectivity index is 2.72. The van der Waals surface area contributed by atoms with Crippen LogP contribution in [0.3, 0.4) is 0 Å². The van der Waals surface area contributed by atoms with Crippen molar-refractivity contribution in [2.24, 2.45) is 0 Å². The van der Waals surface area contributed by atoms with Crippen LogP contribution in [0, 0.1) is 6.92 Å². The summed E-state index contributed by atoms with van der Waals surface area (Å²) in [6.07, 6.45) is 5.42. The van der Waals surface area contributed by atoms with Gasteiger partial charge in [0.25, 0.3) is 0 Å². The molecule has 1 aliphatic rings. The summed E-state index contributed by atoms with van der Waals surface area (Å²) >= 11 is 0. The van der Waals surface area contributed by atoms with Crippen LogP contribution in [0.1, 0.15) is 12.8 Å². The Labute approximate surface area is 73.9 Å². The number of rotatable bonds is 4. The molecule has 0 amide bonds. The molecule has 0 fully saturated rings. The fourth-order valence-electron chi connectivity index (χ4n) is 1.38. The van der Waals surface area contributed by atoms with Gasteiger partial charge in [-0.05, 0) is 31.9 Å². The summed E-state index contributed by atoms with van der Waals surface area (Å²) in [6.45, 7) is 5.47. The van der Waals surface area contributed by atoms with Crippen molar-refractivity contribution in [1.29, 1.82) is 0 Å². The Morgan fingerprint density at radius 1 is 1.50 bits per heavy atom. The van der Waals surface area contributed by atoms with Crippen molar-refractivity contribution in [3.8, 4) is 0 Å². The number of ether oxygens (including phenoxy) is 2. The second-order valence-electron chi connectivity index (χ2n) is 2.65. The van der Waals surface area contributed by atoms with E-state index in [-0.39, 0.29) is 6.10 Å². The monoisotopic (exact) mass is 166 g/mol. The highest BCUT2D eigenvalue weighted by Gasteiger charge is 2.19. The Hall–Kier alpha value is -0.760. The summed E-state index contributed by atoms with van der Waals surface area (Å²) in [5, 5.41) is 0. The zero-order valence-electron chi connectivity index (χ0n) is 7.54. The molecule has 12 heavy (non-hydrogen) atoms. The van der Waals surface area contributed by atoms with Gasteiger partial charge in [0.1, 0.15) is 11.9 Å². The van der Waals surface area contributed by atoms with Crippen molar-refractivity contribution < 1.29 is 9.47 Å². The maximum absolute atomic E-state index is 5.47. The molecule has 2 heteroatoms. The number of hydrogen-bond acceptors (Lipinski definition) is 2. The summed E-state index contributed by atoms with van der Waals surface area (Å²) in [6, 6.07) is 0. The van der Waals surface area contributed by atoms with Crippen LogP contribution >= 0.6 is 0 Å². The molecule has 1 rings (SSSR count). The van der Waals surface area contributed by atoms with Crippen LogP contribution in [0.4, 0.5) is 0 Å². The van der Waals surface area contributed by atoms with Gasteiger partial charge in [0.05, 0.1) is 7.11 Å². The SMILES string of the molecule is [CH]CCC1=C(OC)C=CC1OC. The average molecular weight is 166 g/mol. The van der Waals surface area contributed by atoms with Gasteiger partial charge in [0.15, 0.2) is 0 Å². The first-order valence-electron chi connectivity index (χ1n) is 4.01. The summed E-state index contributed by atoms with van der Waals surface area (Å²) < 4.78 is 10.4. The van der Waals surface area contributed by atoms with E-state index in [0.29, 0.717) is 6.42 Å². The molecule has 2 radical (unpaired) electrons. The summed E-state index contributed by atoms with van der Waals surface area (Å²) in [4.78, 5) is 0. The molecule has 0 aliphatic heterocycles. The zero-order valence-corrected chi connectivity index (χ0v) is 7.54. The smallest absolute Gasteiger partial charge is 0.120 e. The minimum Gasteiger partial charge on any atom is -0.497 e. The predicted molar refractivity (Wildman–Crippen MR) is 47.5 cm³/mol. The van der Waals surface area contributed by atoms with Gasteiger partial charge < -0.3 is 9.47 Å². The average Bonchev–Trinajstić information content (AvgIpc) is 2.48. The molecule has 66 valence electrons. The first kappa shape index (κ1) is 9.33. The largest absolute Gasteiger partial charge is 0.497 e. The molecule has 0 heterocycles. The van der Waals surface area contributed by atoms with E-state index in [1.54, 1.807) is 14.2 Å². The van der Waals surface area contributed by atoms with Gasteiger partial charge in [0.2, 0.25) is 0 Å². The number of methoxy groups -OCH3 is 2. The van der Waals surface area contributed by atoms with Crippen molar-refractivity contribution in [1.82, 2.24) is 0 Å². The molecule has 0 spiro atoms. The third kappa shape index (κ3) is 1.69. The molecule has 0 aromatic carbocycles. The Morgan fingerprint density at radius 2 is 2.25 bits per heavy atom. The Morgan fingerprint density at radius 3 is 2.75 bits per heavy atom. The standard InChI is InChI=1S/C10H14O2/c1-4-5-8-9(11-2)6-7-10(8)12-3/h1,6-7,9H,4-5H2,2-3H3. The van der Waals surface area contributed by atoms with E-state index in [1.165, 1.54) is 0 Å². The van der Waals surface area contributed by atoms with Crippen LogP contribution in [-0.4, -0.2) is 20.3 Å². The molecule has 1 aliphatic carbocycles. The molecule has 0 aromatic heterocycles. The number of hydrogen-bond donors (Lipinski definition) is 0. The normalized spacial score (nSPS) is 22.1. The topological polar surface area (TPSA) is 18.5 Å². The second kappa shape index (κ2) is 4.31. The molecule has 0 aromatic rings. The maximum Gasteiger partial charge on any atom is 0.120 e. The van der Waals surface area contributed by atoms with Gasteiger partial charge >= 0.3 is 0 Å². The quantitative estimate of drug-likeness (QED) is 0.635. The van der Waals surface area contributed by atoms with E-state index >= 15 is 0 Å². The van der Waals surface area contributed by atoms with Gasteiger partial charge in [-0.15, -0.1) is 0 Å². The van der Waals surface area contributed by atoms with E-state index in [0.717, 1.165) is 17.8 Å². The number of allylic oxidation sites excluding steroid dienone is 1. The fraction of sp³-hybridized carbons (Fsp3) is 0.500. The lowest BCUT2D eigenvalue weighted by molar-refractivity contribution is 0.163. The minimum absolute atomic E-state index is 0.0588. The van der Waals surface area contributed by atoms with Gasteiger partial charge in [-0.3, -0.25) is 0 Å². The summed E-state index contributed by atoms with van der Waals surface area (Å²) in [7, 11) is 3.35. The molecular weight excluding hydrogens is 152 g/mol. The third-order valence-corrected chi connectivity index (χ3v) is 1.97. The first-order chi connectivity index (χ1) is 5.83. The van der Waals surface area contributed by atoms with Crippen LogP contribution < -0.4 is 0 Å². The fourth-order valence-corrected chi connectivity index (χ4v) is 1.38. The van der Waals surface area contributed by atoms with E-state index in [2.05, 4.69) is 0 Å². The van der Waals surface area contributed by atoms with E-state index in [1.807, 2.05) is 12.2 Å². The van der Waals surface area contributed by atoms with E-state index in [4.69, 9.17) is 16.4 Å². The molecular formula is C10H14O2. The van der Waals surface area contributed by atoms with Gasteiger partial charge in [0, 0.05) is 12.7 Å². The second-order valence-corrected chi connectivity index (χ2v) is 2.65. The van der Waals surface area contributed by atoms with Gasteiger partial charge in [-0.2, -0.15) is 0 Å². The molecule has 0 N–H and O–H groups in total. The highest BCUT2D eigenvalue weighted by atomic mass is 16.5. The van der Waals surface area contributed by atoms with Crippen molar-refractivity contribution in [3.63, 3.8) is 0 Å². The lowest BCUT2D eigenvalue weighted by atomic mass is 10.1. The summed E-state index contributed by atoms with van der Waals surface area (Å²) in [5.74, 6) is 0.896. The molecule has 0 bridgehead atoms. The first-order valence-corrected chi connectivity index (χ1v) is 4.01. The summed E-state index contributed by atoms with van der Waals surface area (Å²) in [5.41, 5.74) is 1.14. The van der Waals surface area contributed by atoms with Crippen LogP contribution in [-0.2, 0) is 9.47 Å². The molecule has 1 unspecified atom stereocenters. The lowest BCUT2D eigenvalue weighted by Crippen LogP contribution is -2.08. The highest BCUT2D eigenvalue weighted by molar-refractivity contribution is 5.34.